The van der Waals surface area contributed by atoms with E-state index in [1.165, 1.54) is 18.2 Å². The van der Waals surface area contributed by atoms with Gasteiger partial charge in [-0.05, 0) is 36.2 Å². The van der Waals surface area contributed by atoms with E-state index in [-0.39, 0.29) is 18.3 Å². The minimum Gasteiger partial charge on any atom is -0.497 e. The zero-order chi connectivity index (χ0) is 23.0. The number of nitrogens with zero attached hydrogens (tertiary/aromatic N) is 2. The Bertz CT molecular complexity index is 1030. The van der Waals surface area contributed by atoms with Crippen LogP contribution in [0.1, 0.15) is 12.0 Å². The van der Waals surface area contributed by atoms with Gasteiger partial charge in [0.05, 0.1) is 12.8 Å². The molecule has 0 amide bonds. The van der Waals surface area contributed by atoms with Gasteiger partial charge in [-0.3, -0.25) is 0 Å². The monoisotopic (exact) mass is 448 g/mol. The third-order valence-electron chi connectivity index (χ3n) is 4.32. The molecule has 3 N–H and O–H groups in total. The molecule has 2 aromatic carbocycles. The summed E-state index contributed by atoms with van der Waals surface area (Å²) in [6.45, 7) is 0.887. The second-order valence-electron chi connectivity index (χ2n) is 6.75. The van der Waals surface area contributed by atoms with Crippen LogP contribution in [0.3, 0.4) is 0 Å². The molecule has 0 saturated heterocycles. The Labute approximate surface area is 183 Å². The van der Waals surface area contributed by atoms with Crippen LogP contribution in [-0.4, -0.2) is 41.7 Å². The largest absolute Gasteiger partial charge is 0.573 e. The lowest BCUT2D eigenvalue weighted by Gasteiger charge is -2.13. The van der Waals surface area contributed by atoms with E-state index in [2.05, 4.69) is 25.3 Å². The molecule has 0 spiro atoms. The fourth-order valence-electron chi connectivity index (χ4n) is 2.87. The predicted molar refractivity (Wildman–Crippen MR) is 115 cm³/mol. The first kappa shape index (κ1) is 23.1. The van der Waals surface area contributed by atoms with E-state index >= 15 is 0 Å². The first-order valence-corrected chi connectivity index (χ1v) is 9.83. The molecule has 0 aliphatic carbocycles. The molecule has 0 unspecified atom stereocenters. The smallest absolute Gasteiger partial charge is 0.497 e. The van der Waals surface area contributed by atoms with Crippen molar-refractivity contribution in [1.82, 2.24) is 9.97 Å². The SMILES string of the molecule is COc1cccc(CNc2cc(-c3cccc(OC(F)(F)F)c3)nc(NCCCO)n2)c1. The maximum Gasteiger partial charge on any atom is 0.573 e. The number of alkyl halides is 3. The van der Waals surface area contributed by atoms with E-state index in [1.54, 1.807) is 19.2 Å². The van der Waals surface area contributed by atoms with E-state index in [0.29, 0.717) is 36.6 Å². The van der Waals surface area contributed by atoms with Crippen LogP contribution < -0.4 is 20.1 Å². The summed E-state index contributed by atoms with van der Waals surface area (Å²) in [4.78, 5) is 8.81. The number of aliphatic hydroxyl groups excluding tert-OH is 1. The summed E-state index contributed by atoms with van der Waals surface area (Å²) in [5, 5.41) is 15.2. The lowest BCUT2D eigenvalue weighted by molar-refractivity contribution is -0.274. The second kappa shape index (κ2) is 10.7. The number of halogens is 3. The van der Waals surface area contributed by atoms with Gasteiger partial charge in [0.25, 0.3) is 0 Å². The number of hydrogen-bond acceptors (Lipinski definition) is 7. The van der Waals surface area contributed by atoms with Gasteiger partial charge < -0.3 is 25.2 Å². The highest BCUT2D eigenvalue weighted by Crippen LogP contribution is 2.28. The number of benzene rings is 2. The molecule has 0 aliphatic rings. The third kappa shape index (κ3) is 7.02. The Kier molecular flexibility index (Phi) is 7.72. The van der Waals surface area contributed by atoms with E-state index in [0.717, 1.165) is 11.3 Å². The molecule has 3 aromatic rings. The number of nitrogens with one attached hydrogen (secondary N) is 2. The van der Waals surface area contributed by atoms with Crippen LogP contribution in [0.4, 0.5) is 24.9 Å². The Morgan fingerprint density at radius 3 is 2.50 bits per heavy atom. The molecule has 0 radical (unpaired) electrons. The van der Waals surface area contributed by atoms with Crippen LogP contribution in [0.15, 0.2) is 54.6 Å². The summed E-state index contributed by atoms with van der Waals surface area (Å²) < 4.78 is 47.0. The molecule has 0 fully saturated rings. The van der Waals surface area contributed by atoms with Crippen molar-refractivity contribution < 1.29 is 27.8 Å². The van der Waals surface area contributed by atoms with Crippen molar-refractivity contribution in [2.45, 2.75) is 19.3 Å². The molecule has 0 atom stereocenters. The number of anilines is 2. The van der Waals surface area contributed by atoms with Crippen LogP contribution in [0, 0.1) is 0 Å². The highest BCUT2D eigenvalue weighted by atomic mass is 19.4. The van der Waals surface area contributed by atoms with Gasteiger partial charge in [-0.15, -0.1) is 13.2 Å². The van der Waals surface area contributed by atoms with Gasteiger partial charge >= 0.3 is 6.36 Å². The molecule has 1 aromatic heterocycles. The van der Waals surface area contributed by atoms with Gasteiger partial charge in [-0.2, -0.15) is 4.98 Å². The molecular weight excluding hydrogens is 425 g/mol. The van der Waals surface area contributed by atoms with Crippen LogP contribution in [0.2, 0.25) is 0 Å². The van der Waals surface area contributed by atoms with Gasteiger partial charge in [0, 0.05) is 31.3 Å². The number of methoxy groups -OCH3 is 1. The highest BCUT2D eigenvalue weighted by Gasteiger charge is 2.31. The molecule has 32 heavy (non-hydrogen) atoms. The molecule has 7 nitrogen and oxygen atoms in total. The fourth-order valence-corrected chi connectivity index (χ4v) is 2.87. The van der Waals surface area contributed by atoms with Crippen molar-refractivity contribution in [3.63, 3.8) is 0 Å². The first-order chi connectivity index (χ1) is 15.4. The summed E-state index contributed by atoms with van der Waals surface area (Å²) in [6, 6.07) is 14.7. The van der Waals surface area contributed by atoms with Crippen molar-refractivity contribution in [3.05, 3.63) is 60.2 Å². The fraction of sp³-hybridized carbons (Fsp3) is 0.273. The minimum atomic E-state index is -4.79. The van der Waals surface area contributed by atoms with Crippen LogP contribution in [-0.2, 0) is 6.54 Å². The van der Waals surface area contributed by atoms with Gasteiger partial charge in [0.1, 0.15) is 17.3 Å². The molecule has 0 aliphatic heterocycles. The van der Waals surface area contributed by atoms with E-state index in [1.807, 2.05) is 24.3 Å². The number of hydrogen-bond donors (Lipinski definition) is 3. The van der Waals surface area contributed by atoms with Gasteiger partial charge in [0.2, 0.25) is 5.95 Å². The number of aliphatic hydroxyl groups is 1. The van der Waals surface area contributed by atoms with Crippen molar-refractivity contribution >= 4 is 11.8 Å². The van der Waals surface area contributed by atoms with Crippen LogP contribution in [0.25, 0.3) is 11.3 Å². The van der Waals surface area contributed by atoms with Crippen molar-refractivity contribution in [2.75, 3.05) is 30.9 Å². The molecule has 10 heteroatoms. The quantitative estimate of drug-likeness (QED) is 0.395. The molecule has 3 rings (SSSR count). The Morgan fingerprint density at radius 1 is 0.969 bits per heavy atom. The molecule has 1 heterocycles. The number of rotatable bonds is 10. The molecule has 0 bridgehead atoms. The van der Waals surface area contributed by atoms with Gasteiger partial charge in [-0.25, -0.2) is 4.98 Å². The Morgan fingerprint density at radius 2 is 1.75 bits per heavy atom. The van der Waals surface area contributed by atoms with Crippen molar-refractivity contribution in [2.24, 2.45) is 0 Å². The van der Waals surface area contributed by atoms with Crippen molar-refractivity contribution in [3.8, 4) is 22.8 Å². The highest BCUT2D eigenvalue weighted by molar-refractivity contribution is 5.66. The van der Waals surface area contributed by atoms with Gasteiger partial charge in [0.15, 0.2) is 0 Å². The predicted octanol–water partition coefficient (Wildman–Crippen LogP) is 4.46. The van der Waals surface area contributed by atoms with Crippen LogP contribution >= 0.6 is 0 Å². The van der Waals surface area contributed by atoms with Crippen LogP contribution in [0.5, 0.6) is 11.5 Å². The van der Waals surface area contributed by atoms with E-state index in [4.69, 9.17) is 9.84 Å². The molecular formula is C22H23F3N4O3. The topological polar surface area (TPSA) is 88.5 Å². The average Bonchev–Trinajstić information content (AvgIpc) is 2.77. The van der Waals surface area contributed by atoms with Crippen molar-refractivity contribution in [1.29, 1.82) is 0 Å². The summed E-state index contributed by atoms with van der Waals surface area (Å²) in [7, 11) is 1.59. The summed E-state index contributed by atoms with van der Waals surface area (Å²) in [5.74, 6) is 1.15. The number of ether oxygens (including phenoxy) is 2. The van der Waals surface area contributed by atoms with Gasteiger partial charge in [-0.1, -0.05) is 24.3 Å². The van der Waals surface area contributed by atoms with E-state index in [9.17, 15) is 13.2 Å². The third-order valence-corrected chi connectivity index (χ3v) is 4.32. The normalized spacial score (nSPS) is 11.2. The standard InChI is InChI=1S/C22H23F3N4O3/c1-31-17-7-2-5-15(11-17)14-27-20-13-19(28-21(29-20)26-9-4-10-30)16-6-3-8-18(12-16)32-22(23,24)25/h2-3,5-8,11-13,30H,4,9-10,14H2,1H3,(H2,26,27,28,29). The lowest BCUT2D eigenvalue weighted by atomic mass is 10.1. The average molecular weight is 448 g/mol. The summed E-state index contributed by atoms with van der Waals surface area (Å²) in [5.41, 5.74) is 1.80. The minimum absolute atomic E-state index is 0.00443. The zero-order valence-corrected chi connectivity index (χ0v) is 17.3. The maximum atomic E-state index is 12.6. The summed E-state index contributed by atoms with van der Waals surface area (Å²) >= 11 is 0. The first-order valence-electron chi connectivity index (χ1n) is 9.83. The second-order valence-corrected chi connectivity index (χ2v) is 6.75. The molecule has 0 saturated carbocycles. The Hall–Kier alpha value is -3.53. The number of aromatic nitrogens is 2. The maximum absolute atomic E-state index is 12.6. The summed E-state index contributed by atoms with van der Waals surface area (Å²) in [6.07, 6.45) is -4.29. The zero-order valence-electron chi connectivity index (χ0n) is 17.3. The lowest BCUT2D eigenvalue weighted by Crippen LogP contribution is -2.17. The Balaban J connectivity index is 1.86. The van der Waals surface area contributed by atoms with E-state index < -0.39 is 6.36 Å². The molecule has 170 valence electrons.